The number of carbonyl (C=O) groups excluding carboxylic acids is 1. The lowest BCUT2D eigenvalue weighted by molar-refractivity contribution is -0.228. The van der Waals surface area contributed by atoms with Gasteiger partial charge in [0.15, 0.2) is 0 Å². The van der Waals surface area contributed by atoms with Crippen LogP contribution in [0.4, 0.5) is 4.79 Å². The van der Waals surface area contributed by atoms with Crippen LogP contribution < -0.4 is 0 Å². The first-order valence-corrected chi connectivity index (χ1v) is 23.8. The molecular formula is C49H83NO8. The summed E-state index contributed by atoms with van der Waals surface area (Å²) in [4.78, 5) is 15.5. The second-order valence-electron chi connectivity index (χ2n) is 19.2. The zero-order chi connectivity index (χ0) is 41.4. The van der Waals surface area contributed by atoms with Gasteiger partial charge in [-0.05, 0) is 130 Å². The fourth-order valence-electron chi connectivity index (χ4n) is 12.5. The van der Waals surface area contributed by atoms with Crippen molar-refractivity contribution in [2.45, 2.75) is 168 Å². The number of aliphatic hydroxyl groups excluding tert-OH is 3. The summed E-state index contributed by atoms with van der Waals surface area (Å²) in [5.41, 5.74) is 1.17. The van der Waals surface area contributed by atoms with Crippen LogP contribution in [-0.2, 0) is 25.6 Å². The molecule has 5 rings (SSSR count). The van der Waals surface area contributed by atoms with Crippen LogP contribution in [0, 0.1) is 46.3 Å². The number of benzene rings is 1. The molecule has 11 atom stereocenters. The van der Waals surface area contributed by atoms with E-state index in [1.165, 1.54) is 38.5 Å². The van der Waals surface area contributed by atoms with Gasteiger partial charge in [0, 0.05) is 58.1 Å². The molecule has 9 nitrogen and oxygen atoms in total. The molecule has 0 spiro atoms. The van der Waals surface area contributed by atoms with Crippen molar-refractivity contribution in [1.29, 1.82) is 0 Å². The van der Waals surface area contributed by atoms with Crippen LogP contribution in [-0.4, -0.2) is 97.4 Å². The number of rotatable bonds is 26. The largest absolute Gasteiger partial charge is 0.445 e. The summed E-state index contributed by atoms with van der Waals surface area (Å²) >= 11 is 0. The van der Waals surface area contributed by atoms with Crippen LogP contribution >= 0.6 is 0 Å². The normalized spacial score (nSPS) is 32.3. The first-order valence-electron chi connectivity index (χ1n) is 23.8. The summed E-state index contributed by atoms with van der Waals surface area (Å²) in [6.45, 7) is 13.8. The van der Waals surface area contributed by atoms with Gasteiger partial charge >= 0.3 is 6.09 Å². The van der Waals surface area contributed by atoms with Crippen molar-refractivity contribution in [3.05, 3.63) is 35.9 Å². The Kier molecular flexibility index (Phi) is 19.6. The molecule has 0 aromatic heterocycles. The van der Waals surface area contributed by atoms with Gasteiger partial charge in [0.2, 0.25) is 0 Å². The summed E-state index contributed by atoms with van der Waals surface area (Å²) in [6.07, 6.45) is 19.1. The molecule has 0 saturated heterocycles. The zero-order valence-electron chi connectivity index (χ0n) is 37.0. The molecule has 332 valence electrons. The molecule has 4 aliphatic rings. The van der Waals surface area contributed by atoms with Crippen molar-refractivity contribution in [3.8, 4) is 0 Å². The summed E-state index contributed by atoms with van der Waals surface area (Å²) in [5, 5.41) is 28.9. The third-order valence-electron chi connectivity index (χ3n) is 15.7. The van der Waals surface area contributed by atoms with E-state index in [1.54, 1.807) is 0 Å². The van der Waals surface area contributed by atoms with Gasteiger partial charge in [-0.2, -0.15) is 0 Å². The SMILES string of the molecule is CCCCCCCCN(CCCC(C)[C@H]1CC[C@H]2C3[C@H](OCCCO)C[C@@H]4C[C@H](OCCCO)CC[C@]4(C)[C@H]3C[C@H](OCCCO)[C@]12C)C(=O)OCc1ccccc1. The van der Waals surface area contributed by atoms with E-state index in [0.29, 0.717) is 87.7 Å². The summed E-state index contributed by atoms with van der Waals surface area (Å²) < 4.78 is 26.0. The summed E-state index contributed by atoms with van der Waals surface area (Å²) in [7, 11) is 0. The van der Waals surface area contributed by atoms with Crippen molar-refractivity contribution in [1.82, 2.24) is 4.90 Å². The smallest absolute Gasteiger partial charge is 0.410 e. The van der Waals surface area contributed by atoms with Crippen molar-refractivity contribution >= 4 is 6.09 Å². The molecule has 4 aliphatic carbocycles. The molecule has 1 aromatic rings. The van der Waals surface area contributed by atoms with Crippen molar-refractivity contribution < 1.29 is 39.1 Å². The minimum atomic E-state index is -0.198. The number of aliphatic hydroxyl groups is 3. The monoisotopic (exact) mass is 814 g/mol. The molecule has 0 bridgehead atoms. The molecule has 4 fully saturated rings. The fraction of sp³-hybridized carbons (Fsp3) is 0.857. The molecule has 1 amide bonds. The van der Waals surface area contributed by atoms with Gasteiger partial charge in [-0.25, -0.2) is 4.79 Å². The van der Waals surface area contributed by atoms with E-state index in [2.05, 4.69) is 27.7 Å². The Morgan fingerprint density at radius 3 is 2.17 bits per heavy atom. The van der Waals surface area contributed by atoms with E-state index in [0.717, 1.165) is 69.9 Å². The van der Waals surface area contributed by atoms with E-state index >= 15 is 0 Å². The van der Waals surface area contributed by atoms with Crippen LogP contribution in [0.3, 0.4) is 0 Å². The van der Waals surface area contributed by atoms with Gasteiger partial charge in [-0.1, -0.05) is 90.1 Å². The number of fused-ring (bicyclic) bond motifs is 5. The molecule has 4 saturated carbocycles. The van der Waals surface area contributed by atoms with E-state index in [1.807, 2.05) is 35.2 Å². The van der Waals surface area contributed by atoms with E-state index in [9.17, 15) is 20.1 Å². The highest BCUT2D eigenvalue weighted by Crippen LogP contribution is 2.69. The van der Waals surface area contributed by atoms with Crippen LogP contribution in [0.2, 0.25) is 0 Å². The second-order valence-corrected chi connectivity index (χ2v) is 19.2. The fourth-order valence-corrected chi connectivity index (χ4v) is 12.5. The van der Waals surface area contributed by atoms with Crippen LogP contribution in [0.25, 0.3) is 0 Å². The van der Waals surface area contributed by atoms with Gasteiger partial charge in [0.1, 0.15) is 6.61 Å². The second kappa shape index (κ2) is 24.0. The number of unbranched alkanes of at least 4 members (excludes halogenated alkanes) is 5. The Hall–Kier alpha value is -1.75. The minimum Gasteiger partial charge on any atom is -0.445 e. The maximum Gasteiger partial charge on any atom is 0.410 e. The van der Waals surface area contributed by atoms with Gasteiger partial charge in [0.25, 0.3) is 0 Å². The maximum absolute atomic E-state index is 13.5. The van der Waals surface area contributed by atoms with Gasteiger partial charge in [0.05, 0.1) is 18.3 Å². The molecule has 2 unspecified atom stereocenters. The standard InChI is InChI=1S/C49H83NO8/c1-5-6-7-8-9-13-25-50(47(54)58-36-38-19-11-10-12-20-38)26-14-18-37(2)41-21-22-42-46-43(35-45(49(41,42)4)57-32-17-29-53)48(3)24-23-40(55-30-15-27-51)33-39(48)34-44(46)56-31-16-28-52/h10-12,19-20,37,39-46,51-53H,5-9,13-18,21-36H2,1-4H3/t37?,39-,40+,41+,42-,43-,44+,45-,46?,48-,49+/m0/s1. The molecule has 3 N–H and O–H groups in total. The predicted octanol–water partition coefficient (Wildman–Crippen LogP) is 9.58. The van der Waals surface area contributed by atoms with E-state index in [4.69, 9.17) is 18.9 Å². The van der Waals surface area contributed by atoms with Crippen LogP contribution in [0.5, 0.6) is 0 Å². The van der Waals surface area contributed by atoms with Gasteiger partial charge < -0.3 is 39.2 Å². The quantitative estimate of drug-likeness (QED) is 0.0793. The first kappa shape index (κ1) is 47.3. The number of ether oxygens (including phenoxy) is 4. The van der Waals surface area contributed by atoms with Crippen molar-refractivity contribution in [3.63, 3.8) is 0 Å². The Morgan fingerprint density at radius 1 is 0.776 bits per heavy atom. The number of nitrogens with zero attached hydrogens (tertiary/aromatic N) is 1. The summed E-state index contributed by atoms with van der Waals surface area (Å²) in [6, 6.07) is 9.98. The highest BCUT2D eigenvalue weighted by atomic mass is 16.6. The first-order chi connectivity index (χ1) is 28.2. The molecule has 58 heavy (non-hydrogen) atoms. The lowest BCUT2D eigenvalue weighted by atomic mass is 9.43. The topological polar surface area (TPSA) is 118 Å². The molecule has 0 radical (unpaired) electrons. The molecule has 9 heteroatoms. The van der Waals surface area contributed by atoms with Crippen LogP contribution in [0.1, 0.15) is 149 Å². The maximum atomic E-state index is 13.5. The highest BCUT2D eigenvalue weighted by Gasteiger charge is 2.66. The zero-order valence-corrected chi connectivity index (χ0v) is 37.0. The van der Waals surface area contributed by atoms with E-state index < -0.39 is 0 Å². The predicted molar refractivity (Wildman–Crippen MR) is 230 cm³/mol. The number of carbonyl (C=O) groups is 1. The lowest BCUT2D eigenvalue weighted by Gasteiger charge is -2.65. The average molecular weight is 814 g/mol. The Morgan fingerprint density at radius 2 is 1.45 bits per heavy atom. The Labute approximate surface area is 352 Å². The van der Waals surface area contributed by atoms with Gasteiger partial charge in [-0.3, -0.25) is 0 Å². The lowest BCUT2D eigenvalue weighted by Crippen LogP contribution is -2.63. The molecule has 0 aliphatic heterocycles. The number of hydrogen-bond donors (Lipinski definition) is 3. The number of hydrogen-bond acceptors (Lipinski definition) is 8. The number of amides is 1. The van der Waals surface area contributed by atoms with Crippen molar-refractivity contribution in [2.24, 2.45) is 46.3 Å². The Bertz CT molecular complexity index is 1300. The molecule has 1 aromatic carbocycles. The van der Waals surface area contributed by atoms with Gasteiger partial charge in [-0.15, -0.1) is 0 Å². The average Bonchev–Trinajstić information content (AvgIpc) is 3.59. The Balaban J connectivity index is 1.30. The van der Waals surface area contributed by atoms with E-state index in [-0.39, 0.29) is 55.1 Å². The molecular weight excluding hydrogens is 731 g/mol. The van der Waals surface area contributed by atoms with Crippen LogP contribution in [0.15, 0.2) is 30.3 Å². The highest BCUT2D eigenvalue weighted by molar-refractivity contribution is 5.67. The molecule has 0 heterocycles. The third kappa shape index (κ3) is 12.0. The van der Waals surface area contributed by atoms with Crippen molar-refractivity contribution in [2.75, 3.05) is 52.7 Å². The summed E-state index contributed by atoms with van der Waals surface area (Å²) in [5.74, 6) is 2.86. The minimum absolute atomic E-state index is 0.0186. The third-order valence-corrected chi connectivity index (χ3v) is 15.7.